The molecule has 1 aromatic heterocycles. The van der Waals surface area contributed by atoms with Gasteiger partial charge in [0.15, 0.2) is 0 Å². The summed E-state index contributed by atoms with van der Waals surface area (Å²) in [6.45, 7) is 4.63. The van der Waals surface area contributed by atoms with Crippen molar-refractivity contribution < 1.29 is 14.6 Å². The van der Waals surface area contributed by atoms with E-state index in [4.69, 9.17) is 16.3 Å². The zero-order valence-corrected chi connectivity index (χ0v) is 20.8. The van der Waals surface area contributed by atoms with Gasteiger partial charge in [0.1, 0.15) is 5.75 Å². The van der Waals surface area contributed by atoms with Crippen molar-refractivity contribution in [3.63, 3.8) is 0 Å². The number of amides is 1. The summed E-state index contributed by atoms with van der Waals surface area (Å²) in [6, 6.07) is 14.0. The SMILES string of the molecule is COc1ccc2c3c(n(C)c2c1)[C@H](CO)N(Cc1ccccc1Cl)CC31CCN(C(C)=O)CC1. The number of carbonyl (C=O) groups is 1. The summed E-state index contributed by atoms with van der Waals surface area (Å²) >= 11 is 6.54. The van der Waals surface area contributed by atoms with Gasteiger partial charge in [-0.15, -0.1) is 0 Å². The lowest BCUT2D eigenvalue weighted by Crippen LogP contribution is -2.54. The number of aryl methyl sites for hydroxylation is 1. The first-order valence-electron chi connectivity index (χ1n) is 11.9. The van der Waals surface area contributed by atoms with Gasteiger partial charge in [-0.25, -0.2) is 0 Å². The molecule has 0 unspecified atom stereocenters. The van der Waals surface area contributed by atoms with Gasteiger partial charge in [0.25, 0.3) is 0 Å². The second-order valence-corrected chi connectivity index (χ2v) is 10.1. The Kier molecular flexibility index (Phi) is 6.09. The monoisotopic (exact) mass is 481 g/mol. The maximum absolute atomic E-state index is 12.1. The number of hydrogen-bond acceptors (Lipinski definition) is 4. The highest BCUT2D eigenvalue weighted by molar-refractivity contribution is 6.31. The summed E-state index contributed by atoms with van der Waals surface area (Å²) < 4.78 is 7.75. The molecule has 2 aliphatic rings. The van der Waals surface area contributed by atoms with Gasteiger partial charge in [-0.2, -0.15) is 0 Å². The van der Waals surface area contributed by atoms with Crippen LogP contribution in [0.1, 0.15) is 42.6 Å². The summed E-state index contributed by atoms with van der Waals surface area (Å²) in [7, 11) is 3.77. The second-order valence-electron chi connectivity index (χ2n) is 9.68. The van der Waals surface area contributed by atoms with Gasteiger partial charge in [0.05, 0.1) is 25.3 Å². The number of fused-ring (bicyclic) bond motifs is 4. The average Bonchev–Trinajstić information content (AvgIpc) is 3.14. The van der Waals surface area contributed by atoms with Gasteiger partial charge in [-0.3, -0.25) is 9.69 Å². The number of likely N-dealkylation sites (tertiary alicyclic amines) is 1. The summed E-state index contributed by atoms with van der Waals surface area (Å²) in [5.74, 6) is 0.953. The Morgan fingerprint density at radius 3 is 2.59 bits per heavy atom. The topological polar surface area (TPSA) is 57.9 Å². The number of carbonyl (C=O) groups excluding carboxylic acids is 1. The molecule has 7 heteroatoms. The highest BCUT2D eigenvalue weighted by Crippen LogP contribution is 2.50. The number of aliphatic hydroxyl groups is 1. The van der Waals surface area contributed by atoms with Crippen molar-refractivity contribution in [1.29, 1.82) is 0 Å². The maximum atomic E-state index is 12.1. The number of piperidine rings is 1. The van der Waals surface area contributed by atoms with E-state index in [1.165, 1.54) is 10.9 Å². The largest absolute Gasteiger partial charge is 0.497 e. The molecule has 0 radical (unpaired) electrons. The van der Waals surface area contributed by atoms with E-state index in [9.17, 15) is 9.90 Å². The van der Waals surface area contributed by atoms with Crippen molar-refractivity contribution in [2.45, 2.75) is 37.8 Å². The van der Waals surface area contributed by atoms with Crippen LogP contribution in [-0.4, -0.2) is 58.7 Å². The van der Waals surface area contributed by atoms with Gasteiger partial charge in [-0.1, -0.05) is 29.8 Å². The molecule has 5 rings (SSSR count). The van der Waals surface area contributed by atoms with Crippen LogP contribution in [0.4, 0.5) is 0 Å². The van der Waals surface area contributed by atoms with E-state index in [0.717, 1.165) is 60.0 Å². The van der Waals surface area contributed by atoms with Gasteiger partial charge >= 0.3 is 0 Å². The lowest BCUT2D eigenvalue weighted by atomic mass is 9.68. The highest BCUT2D eigenvalue weighted by atomic mass is 35.5. The van der Waals surface area contributed by atoms with E-state index in [0.29, 0.717) is 6.54 Å². The number of halogens is 1. The predicted octanol–water partition coefficient (Wildman–Crippen LogP) is 4.27. The first-order chi connectivity index (χ1) is 16.4. The van der Waals surface area contributed by atoms with Gasteiger partial charge in [0, 0.05) is 67.7 Å². The third-order valence-electron chi connectivity index (χ3n) is 7.92. The van der Waals surface area contributed by atoms with Gasteiger partial charge in [0.2, 0.25) is 5.91 Å². The van der Waals surface area contributed by atoms with E-state index in [2.05, 4.69) is 34.7 Å². The van der Waals surface area contributed by atoms with Crippen LogP contribution < -0.4 is 4.74 Å². The maximum Gasteiger partial charge on any atom is 0.219 e. The Hall–Kier alpha value is -2.54. The molecule has 0 saturated carbocycles. The number of rotatable bonds is 4. The fourth-order valence-corrected chi connectivity index (χ4v) is 6.33. The number of methoxy groups -OCH3 is 1. The standard InChI is InChI=1S/C27H32ClN3O3/c1-18(33)30-12-10-27(11-13-30)17-31(15-19-6-4-5-7-22(19)28)24(16-32)26-25(27)21-9-8-20(34-3)14-23(21)29(26)2/h4-9,14,24,32H,10-13,15-17H2,1-3H3/t24-/m0/s1. The fraction of sp³-hybridized carbons (Fsp3) is 0.444. The molecule has 3 aromatic rings. The third kappa shape index (κ3) is 3.69. The van der Waals surface area contributed by atoms with Gasteiger partial charge in [-0.05, 0) is 42.2 Å². The van der Waals surface area contributed by atoms with Crippen LogP contribution in [0.15, 0.2) is 42.5 Å². The molecule has 1 saturated heterocycles. The Morgan fingerprint density at radius 1 is 1.21 bits per heavy atom. The zero-order chi connectivity index (χ0) is 24.0. The molecule has 180 valence electrons. The predicted molar refractivity (Wildman–Crippen MR) is 134 cm³/mol. The number of aliphatic hydroxyl groups excluding tert-OH is 1. The molecule has 2 aliphatic heterocycles. The molecule has 1 amide bonds. The molecule has 1 N–H and O–H groups in total. The van der Waals surface area contributed by atoms with Crippen molar-refractivity contribution in [2.75, 3.05) is 33.4 Å². The van der Waals surface area contributed by atoms with Crippen LogP contribution in [0, 0.1) is 0 Å². The van der Waals surface area contributed by atoms with Crippen LogP contribution in [0.2, 0.25) is 5.02 Å². The molecule has 34 heavy (non-hydrogen) atoms. The van der Waals surface area contributed by atoms with Crippen LogP contribution >= 0.6 is 11.6 Å². The third-order valence-corrected chi connectivity index (χ3v) is 8.28. The summed E-state index contributed by atoms with van der Waals surface area (Å²) in [6.07, 6.45) is 1.78. The molecular weight excluding hydrogens is 450 g/mol. The Bertz CT molecular complexity index is 1230. The minimum absolute atomic E-state index is 0.0222. The van der Waals surface area contributed by atoms with Crippen LogP contribution in [0.25, 0.3) is 10.9 Å². The number of hydrogen-bond donors (Lipinski definition) is 1. The van der Waals surface area contributed by atoms with E-state index in [-0.39, 0.29) is 24.0 Å². The van der Waals surface area contributed by atoms with Crippen LogP contribution in [0.3, 0.4) is 0 Å². The minimum atomic E-state index is -0.147. The molecule has 6 nitrogen and oxygen atoms in total. The molecule has 2 aromatic carbocycles. The van der Waals surface area contributed by atoms with E-state index >= 15 is 0 Å². The Balaban J connectivity index is 1.67. The van der Waals surface area contributed by atoms with Crippen molar-refractivity contribution >= 4 is 28.4 Å². The molecule has 0 bridgehead atoms. The summed E-state index contributed by atoms with van der Waals surface area (Å²) in [5, 5.41) is 12.6. The quantitative estimate of drug-likeness (QED) is 0.604. The van der Waals surface area contributed by atoms with E-state index in [1.807, 2.05) is 29.2 Å². The van der Waals surface area contributed by atoms with Crippen LogP contribution in [0.5, 0.6) is 5.75 Å². The average molecular weight is 482 g/mol. The Labute approximate surface area is 205 Å². The van der Waals surface area contributed by atoms with Crippen molar-refractivity contribution in [3.05, 3.63) is 64.3 Å². The fourth-order valence-electron chi connectivity index (χ4n) is 6.13. The summed E-state index contributed by atoms with van der Waals surface area (Å²) in [4.78, 5) is 16.4. The number of ether oxygens (including phenoxy) is 1. The number of aromatic nitrogens is 1. The first kappa shape index (κ1) is 23.2. The lowest BCUT2D eigenvalue weighted by Gasteiger charge is -2.50. The first-order valence-corrected chi connectivity index (χ1v) is 12.3. The summed E-state index contributed by atoms with van der Waals surface area (Å²) in [5.41, 5.74) is 4.53. The molecule has 3 heterocycles. The van der Waals surface area contributed by atoms with Crippen LogP contribution in [-0.2, 0) is 23.8 Å². The molecular formula is C27H32ClN3O3. The smallest absolute Gasteiger partial charge is 0.219 e. The normalized spacial score (nSPS) is 20.0. The number of benzene rings is 2. The molecule has 0 aliphatic carbocycles. The van der Waals surface area contributed by atoms with E-state index in [1.54, 1.807) is 14.0 Å². The number of nitrogens with zero attached hydrogens (tertiary/aromatic N) is 3. The van der Waals surface area contributed by atoms with Crippen molar-refractivity contribution in [3.8, 4) is 5.75 Å². The van der Waals surface area contributed by atoms with Crippen molar-refractivity contribution in [2.24, 2.45) is 7.05 Å². The Morgan fingerprint density at radius 2 is 1.94 bits per heavy atom. The minimum Gasteiger partial charge on any atom is -0.497 e. The second kappa shape index (κ2) is 8.91. The lowest BCUT2D eigenvalue weighted by molar-refractivity contribution is -0.130. The molecule has 1 atom stereocenters. The van der Waals surface area contributed by atoms with E-state index < -0.39 is 0 Å². The zero-order valence-electron chi connectivity index (χ0n) is 20.1. The highest BCUT2D eigenvalue weighted by Gasteiger charge is 2.48. The molecule has 1 spiro atoms. The van der Waals surface area contributed by atoms with Crippen molar-refractivity contribution in [1.82, 2.24) is 14.4 Å². The molecule has 1 fully saturated rings. The van der Waals surface area contributed by atoms with Gasteiger partial charge < -0.3 is 19.3 Å².